The number of carbonyl (C=O) groups is 2. The van der Waals surface area contributed by atoms with Crippen molar-refractivity contribution < 1.29 is 19.1 Å². The highest BCUT2D eigenvalue weighted by Gasteiger charge is 2.26. The molecule has 2 aromatic carbocycles. The van der Waals surface area contributed by atoms with Crippen molar-refractivity contribution in [2.45, 2.75) is 32.4 Å². The number of hydrogen-bond donors (Lipinski definition) is 2. The Bertz CT molecular complexity index is 1420. The van der Waals surface area contributed by atoms with Gasteiger partial charge in [0.25, 0.3) is 11.1 Å². The van der Waals surface area contributed by atoms with Crippen LogP contribution >= 0.6 is 11.8 Å². The molecule has 0 saturated carbocycles. The number of rotatable bonds is 8. The fourth-order valence-corrected chi connectivity index (χ4v) is 4.87. The molecule has 2 amide bonds. The third kappa shape index (κ3) is 5.19. The van der Waals surface area contributed by atoms with Gasteiger partial charge in [-0.2, -0.15) is 0 Å². The summed E-state index contributed by atoms with van der Waals surface area (Å²) in [6, 6.07) is 23.4. The zero-order valence-corrected chi connectivity index (χ0v) is 20.5. The number of amides is 2. The SMILES string of the molecule is Cc1oc(-c2ccccc2)nc1CCC(O)c1ccc(C=C2SC(=O)NC2=O)n1Cc1ccccc1. The average molecular weight is 500 g/mol. The first-order chi connectivity index (χ1) is 17.5. The number of benzene rings is 2. The monoisotopic (exact) mass is 499 g/mol. The van der Waals surface area contributed by atoms with E-state index in [9.17, 15) is 14.7 Å². The van der Waals surface area contributed by atoms with E-state index in [0.29, 0.717) is 30.2 Å². The summed E-state index contributed by atoms with van der Waals surface area (Å²) in [6.45, 7) is 2.40. The summed E-state index contributed by atoms with van der Waals surface area (Å²) in [7, 11) is 0. The first-order valence-electron chi connectivity index (χ1n) is 11.7. The minimum absolute atomic E-state index is 0.333. The van der Waals surface area contributed by atoms with Crippen LogP contribution in [-0.4, -0.2) is 25.8 Å². The second-order valence-electron chi connectivity index (χ2n) is 8.55. The second kappa shape index (κ2) is 10.4. The molecule has 0 spiro atoms. The third-order valence-corrected chi connectivity index (χ3v) is 6.87. The van der Waals surface area contributed by atoms with Crippen molar-refractivity contribution in [1.29, 1.82) is 0 Å². The Hall–Kier alpha value is -3.88. The topological polar surface area (TPSA) is 97.4 Å². The number of aliphatic hydroxyl groups is 1. The third-order valence-electron chi connectivity index (χ3n) is 6.06. The minimum Gasteiger partial charge on any atom is -0.441 e. The molecule has 8 heteroatoms. The van der Waals surface area contributed by atoms with E-state index in [4.69, 9.17) is 4.42 Å². The first kappa shape index (κ1) is 23.8. The Labute approximate surface area is 212 Å². The van der Waals surface area contributed by atoms with Gasteiger partial charge in [0.15, 0.2) is 0 Å². The van der Waals surface area contributed by atoms with E-state index in [1.165, 1.54) is 0 Å². The van der Waals surface area contributed by atoms with Crippen molar-refractivity contribution in [3.8, 4) is 11.5 Å². The molecule has 3 heterocycles. The molecule has 1 saturated heterocycles. The molecule has 4 aromatic rings. The number of hydrogen-bond acceptors (Lipinski definition) is 6. The Balaban J connectivity index is 1.39. The number of oxazole rings is 1. The van der Waals surface area contributed by atoms with Gasteiger partial charge < -0.3 is 14.1 Å². The number of imide groups is 1. The Morgan fingerprint density at radius 3 is 2.47 bits per heavy atom. The van der Waals surface area contributed by atoms with Gasteiger partial charge in [0.05, 0.1) is 16.7 Å². The molecule has 182 valence electrons. The maximum absolute atomic E-state index is 12.1. The van der Waals surface area contributed by atoms with Gasteiger partial charge in [-0.15, -0.1) is 0 Å². The van der Waals surface area contributed by atoms with Crippen LogP contribution in [0, 0.1) is 6.92 Å². The number of aliphatic hydroxyl groups excluding tert-OH is 1. The van der Waals surface area contributed by atoms with E-state index in [-0.39, 0.29) is 5.24 Å². The molecular weight excluding hydrogens is 474 g/mol. The molecule has 2 aromatic heterocycles. The van der Waals surface area contributed by atoms with E-state index in [1.54, 1.807) is 6.08 Å². The molecule has 0 radical (unpaired) electrons. The lowest BCUT2D eigenvalue weighted by Crippen LogP contribution is -2.18. The first-order valence-corrected chi connectivity index (χ1v) is 12.5. The molecule has 2 N–H and O–H groups in total. The van der Waals surface area contributed by atoms with Crippen molar-refractivity contribution in [3.63, 3.8) is 0 Å². The van der Waals surface area contributed by atoms with Crippen LogP contribution in [0.2, 0.25) is 0 Å². The van der Waals surface area contributed by atoms with Crippen molar-refractivity contribution in [1.82, 2.24) is 14.9 Å². The van der Waals surface area contributed by atoms with Gasteiger partial charge in [-0.3, -0.25) is 14.9 Å². The number of aromatic nitrogens is 2. The lowest BCUT2D eigenvalue weighted by Gasteiger charge is -2.17. The zero-order chi connectivity index (χ0) is 25.1. The molecule has 5 rings (SSSR count). The number of nitrogens with zero attached hydrogens (tertiary/aromatic N) is 2. The highest BCUT2D eigenvalue weighted by molar-refractivity contribution is 8.18. The summed E-state index contributed by atoms with van der Waals surface area (Å²) >= 11 is 0.878. The zero-order valence-electron chi connectivity index (χ0n) is 19.7. The van der Waals surface area contributed by atoms with Gasteiger partial charge in [0, 0.05) is 23.5 Å². The number of nitrogens with one attached hydrogen (secondary N) is 1. The van der Waals surface area contributed by atoms with Gasteiger partial charge in [-0.1, -0.05) is 48.5 Å². The fourth-order valence-electron chi connectivity index (χ4n) is 4.21. The van der Waals surface area contributed by atoms with Gasteiger partial charge in [0.1, 0.15) is 5.76 Å². The van der Waals surface area contributed by atoms with Crippen LogP contribution in [-0.2, 0) is 17.8 Å². The van der Waals surface area contributed by atoms with Crippen molar-refractivity contribution in [2.75, 3.05) is 0 Å². The van der Waals surface area contributed by atoms with Crippen LogP contribution in [0.5, 0.6) is 0 Å². The predicted octanol–water partition coefficient (Wildman–Crippen LogP) is 5.49. The summed E-state index contributed by atoms with van der Waals surface area (Å²) in [4.78, 5) is 28.7. The van der Waals surface area contributed by atoms with Gasteiger partial charge >= 0.3 is 0 Å². The van der Waals surface area contributed by atoms with E-state index in [0.717, 1.165) is 45.7 Å². The number of thioether (sulfide) groups is 1. The van der Waals surface area contributed by atoms with E-state index >= 15 is 0 Å². The normalized spacial score (nSPS) is 15.4. The van der Waals surface area contributed by atoms with Crippen LogP contribution in [0.25, 0.3) is 17.5 Å². The number of carbonyl (C=O) groups excluding carboxylic acids is 2. The quantitative estimate of drug-likeness (QED) is 0.311. The summed E-state index contributed by atoms with van der Waals surface area (Å²) in [5.74, 6) is 0.899. The Morgan fingerprint density at radius 1 is 1.06 bits per heavy atom. The molecule has 1 aliphatic rings. The van der Waals surface area contributed by atoms with Gasteiger partial charge in [0.2, 0.25) is 5.89 Å². The van der Waals surface area contributed by atoms with Crippen molar-refractivity contribution >= 4 is 29.0 Å². The Kier molecular flexibility index (Phi) is 6.88. The standard InChI is InChI=1S/C28H25N3O4S/c1-18-22(29-27(35-18)20-10-6-3-7-11-20)13-15-24(32)23-14-12-21(16-25-26(33)30-28(34)36-25)31(23)17-19-8-4-2-5-9-19/h2-12,14,16,24,32H,13,15,17H2,1H3,(H,30,33,34). The summed E-state index contributed by atoms with van der Waals surface area (Å²) in [5, 5.41) is 13.1. The molecule has 0 bridgehead atoms. The smallest absolute Gasteiger partial charge is 0.290 e. The summed E-state index contributed by atoms with van der Waals surface area (Å²) in [6.07, 6.45) is 1.93. The van der Waals surface area contributed by atoms with E-state index < -0.39 is 12.0 Å². The van der Waals surface area contributed by atoms with Crippen LogP contribution in [0.15, 0.2) is 82.1 Å². The molecule has 7 nitrogen and oxygen atoms in total. The highest BCUT2D eigenvalue weighted by atomic mass is 32.2. The maximum atomic E-state index is 12.1. The number of aryl methyl sites for hydroxylation is 2. The molecular formula is C28H25N3O4S. The van der Waals surface area contributed by atoms with Crippen molar-refractivity contribution in [2.24, 2.45) is 0 Å². The molecule has 1 unspecified atom stereocenters. The fraction of sp³-hybridized carbons (Fsp3) is 0.179. The molecule has 1 aliphatic heterocycles. The molecule has 36 heavy (non-hydrogen) atoms. The molecule has 1 atom stereocenters. The van der Waals surface area contributed by atoms with Crippen LogP contribution < -0.4 is 5.32 Å². The summed E-state index contributed by atoms with van der Waals surface area (Å²) < 4.78 is 7.85. The lowest BCUT2D eigenvalue weighted by molar-refractivity contribution is -0.115. The van der Waals surface area contributed by atoms with Gasteiger partial charge in [-0.05, 0) is 67.4 Å². The van der Waals surface area contributed by atoms with Crippen LogP contribution in [0.3, 0.4) is 0 Å². The molecule has 0 aliphatic carbocycles. The highest BCUT2D eigenvalue weighted by Crippen LogP contribution is 2.30. The maximum Gasteiger partial charge on any atom is 0.290 e. The lowest BCUT2D eigenvalue weighted by atomic mass is 10.1. The van der Waals surface area contributed by atoms with Crippen molar-refractivity contribution in [3.05, 3.63) is 106 Å². The summed E-state index contributed by atoms with van der Waals surface area (Å²) in [5.41, 5.74) is 4.25. The van der Waals surface area contributed by atoms with Gasteiger partial charge in [-0.25, -0.2) is 4.98 Å². The second-order valence-corrected chi connectivity index (χ2v) is 9.56. The Morgan fingerprint density at radius 2 is 1.78 bits per heavy atom. The predicted molar refractivity (Wildman–Crippen MR) is 139 cm³/mol. The molecule has 1 fully saturated rings. The average Bonchev–Trinajstić information content (AvgIpc) is 3.55. The minimum atomic E-state index is -0.760. The van der Waals surface area contributed by atoms with Crippen LogP contribution in [0.1, 0.15) is 40.9 Å². The van der Waals surface area contributed by atoms with E-state index in [1.807, 2.05) is 84.3 Å². The van der Waals surface area contributed by atoms with Crippen LogP contribution in [0.4, 0.5) is 4.79 Å². The largest absolute Gasteiger partial charge is 0.441 e. The van der Waals surface area contributed by atoms with E-state index in [2.05, 4.69) is 10.3 Å².